The van der Waals surface area contributed by atoms with Crippen LogP contribution in [0.25, 0.3) is 0 Å². The molecular weight excluding hydrogens is 318 g/mol. The number of hydrogen-bond donors (Lipinski definition) is 1. The van der Waals surface area contributed by atoms with Gasteiger partial charge in [0.15, 0.2) is 0 Å². The van der Waals surface area contributed by atoms with Crippen LogP contribution < -0.4 is 0 Å². The Morgan fingerprint density at radius 3 is 2.76 bits per heavy atom. The lowest BCUT2D eigenvalue weighted by atomic mass is 10.0. The second kappa shape index (κ2) is 7.31. The number of hydrogen-bond acceptors (Lipinski definition) is 5. The summed E-state index contributed by atoms with van der Waals surface area (Å²) in [6.45, 7) is 4.97. The molecule has 2 aromatic heterocycles. The van der Waals surface area contributed by atoms with Crippen molar-refractivity contribution in [3.8, 4) is 0 Å². The van der Waals surface area contributed by atoms with Crippen LogP contribution in [0.3, 0.4) is 0 Å². The van der Waals surface area contributed by atoms with E-state index in [0.29, 0.717) is 32.4 Å². The molecule has 0 bridgehead atoms. The molecule has 1 aliphatic rings. The van der Waals surface area contributed by atoms with E-state index in [1.165, 1.54) is 0 Å². The van der Waals surface area contributed by atoms with E-state index in [2.05, 4.69) is 15.1 Å². The fraction of sp³-hybridized carbons (Fsp3) is 0.556. The Bertz CT molecular complexity index is 743. The van der Waals surface area contributed by atoms with Crippen molar-refractivity contribution in [1.82, 2.24) is 24.6 Å². The normalized spacial score (nSPS) is 20.2. The van der Waals surface area contributed by atoms with Crippen LogP contribution in [0.1, 0.15) is 29.1 Å². The van der Waals surface area contributed by atoms with Crippen LogP contribution in [-0.2, 0) is 24.7 Å². The maximum atomic E-state index is 12.6. The van der Waals surface area contributed by atoms with Crippen LogP contribution in [-0.4, -0.2) is 54.9 Å². The standard InChI is InChI=1S/C18H25N5O2/c1-12-16(13(2)22(3)21-12)4-5-18(25)23-10-14(17(24)11-23)8-15-9-19-6-7-20-15/h6-7,9,14,17,24H,4-5,8,10-11H2,1-3H3/t14-,17-/m1/s1. The Hall–Kier alpha value is -2.28. The van der Waals surface area contributed by atoms with E-state index >= 15 is 0 Å². The van der Waals surface area contributed by atoms with Crippen molar-refractivity contribution in [3.05, 3.63) is 41.2 Å². The Labute approximate surface area is 147 Å². The fourth-order valence-electron chi connectivity index (χ4n) is 3.53. The highest BCUT2D eigenvalue weighted by molar-refractivity contribution is 5.77. The molecule has 0 aliphatic carbocycles. The Morgan fingerprint density at radius 1 is 1.32 bits per heavy atom. The minimum atomic E-state index is -0.507. The second-order valence-corrected chi connectivity index (χ2v) is 6.80. The Morgan fingerprint density at radius 2 is 2.12 bits per heavy atom. The number of aliphatic hydroxyl groups is 1. The predicted octanol–water partition coefficient (Wildman–Crippen LogP) is 0.822. The summed E-state index contributed by atoms with van der Waals surface area (Å²) in [5.41, 5.74) is 4.08. The van der Waals surface area contributed by atoms with Crippen molar-refractivity contribution in [2.45, 2.75) is 39.2 Å². The maximum Gasteiger partial charge on any atom is 0.223 e. The molecule has 7 nitrogen and oxygen atoms in total. The number of nitrogens with zero attached hydrogens (tertiary/aromatic N) is 5. The molecule has 2 aromatic rings. The molecule has 1 saturated heterocycles. The largest absolute Gasteiger partial charge is 0.391 e. The summed E-state index contributed by atoms with van der Waals surface area (Å²) >= 11 is 0. The van der Waals surface area contributed by atoms with Gasteiger partial charge in [-0.25, -0.2) is 0 Å². The number of β-amino-alcohol motifs (C(OH)–C–C–N with tert-alkyl or cyclic N) is 1. The SMILES string of the molecule is Cc1nn(C)c(C)c1CCC(=O)N1C[C@@H](Cc2cnccn2)[C@H](O)C1. The third kappa shape index (κ3) is 3.87. The van der Waals surface area contributed by atoms with Gasteiger partial charge in [0.25, 0.3) is 0 Å². The van der Waals surface area contributed by atoms with E-state index in [9.17, 15) is 9.90 Å². The smallest absolute Gasteiger partial charge is 0.223 e. The highest BCUT2D eigenvalue weighted by atomic mass is 16.3. The lowest BCUT2D eigenvalue weighted by molar-refractivity contribution is -0.130. The van der Waals surface area contributed by atoms with Gasteiger partial charge in [0.1, 0.15) is 0 Å². The first-order valence-electron chi connectivity index (χ1n) is 8.65. The summed E-state index contributed by atoms with van der Waals surface area (Å²) in [4.78, 5) is 22.6. The van der Waals surface area contributed by atoms with E-state index in [1.807, 2.05) is 25.6 Å². The molecule has 1 fully saturated rings. The molecule has 0 spiro atoms. The van der Waals surface area contributed by atoms with Gasteiger partial charge in [0, 0.05) is 56.8 Å². The van der Waals surface area contributed by atoms with Gasteiger partial charge in [-0.2, -0.15) is 5.10 Å². The molecule has 25 heavy (non-hydrogen) atoms. The van der Waals surface area contributed by atoms with Gasteiger partial charge in [0.05, 0.1) is 17.5 Å². The first-order valence-corrected chi connectivity index (χ1v) is 8.65. The molecule has 3 rings (SSSR count). The number of aliphatic hydroxyl groups excluding tert-OH is 1. The molecule has 7 heteroatoms. The molecule has 3 heterocycles. The molecule has 2 atom stereocenters. The van der Waals surface area contributed by atoms with Crippen molar-refractivity contribution >= 4 is 5.91 Å². The van der Waals surface area contributed by atoms with Gasteiger partial charge in [-0.3, -0.25) is 19.4 Å². The quantitative estimate of drug-likeness (QED) is 0.869. The minimum absolute atomic E-state index is 0.0162. The van der Waals surface area contributed by atoms with Crippen LogP contribution in [0.2, 0.25) is 0 Å². The van der Waals surface area contributed by atoms with Gasteiger partial charge in [-0.1, -0.05) is 0 Å². The van der Waals surface area contributed by atoms with E-state index in [0.717, 1.165) is 22.6 Å². The Kier molecular flexibility index (Phi) is 5.13. The van der Waals surface area contributed by atoms with Crippen molar-refractivity contribution < 1.29 is 9.90 Å². The number of aromatic nitrogens is 4. The molecule has 0 unspecified atom stereocenters. The molecule has 0 saturated carbocycles. The van der Waals surface area contributed by atoms with Crippen molar-refractivity contribution in [2.75, 3.05) is 13.1 Å². The second-order valence-electron chi connectivity index (χ2n) is 6.80. The number of aryl methyl sites for hydroxylation is 2. The van der Waals surface area contributed by atoms with Crippen LogP contribution in [0.15, 0.2) is 18.6 Å². The van der Waals surface area contributed by atoms with Gasteiger partial charge < -0.3 is 10.0 Å². The first-order chi connectivity index (χ1) is 12.0. The summed E-state index contributed by atoms with van der Waals surface area (Å²) in [7, 11) is 1.92. The van der Waals surface area contributed by atoms with Crippen molar-refractivity contribution in [3.63, 3.8) is 0 Å². The number of carbonyl (C=O) groups is 1. The first kappa shape index (κ1) is 17.5. The van der Waals surface area contributed by atoms with E-state index in [-0.39, 0.29) is 11.8 Å². The topological polar surface area (TPSA) is 84.1 Å². The third-order valence-electron chi connectivity index (χ3n) is 5.09. The molecule has 0 aromatic carbocycles. The number of amides is 1. The van der Waals surface area contributed by atoms with Gasteiger partial charge in [-0.15, -0.1) is 0 Å². The van der Waals surface area contributed by atoms with E-state index in [4.69, 9.17) is 0 Å². The van der Waals surface area contributed by atoms with Gasteiger partial charge in [0.2, 0.25) is 5.91 Å². The summed E-state index contributed by atoms with van der Waals surface area (Å²) < 4.78 is 1.85. The average molecular weight is 343 g/mol. The van der Waals surface area contributed by atoms with Crippen molar-refractivity contribution in [2.24, 2.45) is 13.0 Å². The maximum absolute atomic E-state index is 12.6. The zero-order valence-corrected chi connectivity index (χ0v) is 15.0. The average Bonchev–Trinajstić information content (AvgIpc) is 3.07. The minimum Gasteiger partial charge on any atom is -0.391 e. The van der Waals surface area contributed by atoms with E-state index < -0.39 is 6.10 Å². The molecule has 1 N–H and O–H groups in total. The predicted molar refractivity (Wildman–Crippen MR) is 92.8 cm³/mol. The van der Waals surface area contributed by atoms with Crippen LogP contribution in [0, 0.1) is 19.8 Å². The number of likely N-dealkylation sites (tertiary alicyclic amines) is 1. The summed E-state index contributed by atoms with van der Waals surface area (Å²) in [6, 6.07) is 0. The van der Waals surface area contributed by atoms with Crippen LogP contribution >= 0.6 is 0 Å². The lowest BCUT2D eigenvalue weighted by Gasteiger charge is -2.16. The highest BCUT2D eigenvalue weighted by Crippen LogP contribution is 2.22. The summed E-state index contributed by atoms with van der Waals surface area (Å²) in [5.74, 6) is 0.103. The zero-order chi connectivity index (χ0) is 18.0. The van der Waals surface area contributed by atoms with Gasteiger partial charge >= 0.3 is 0 Å². The van der Waals surface area contributed by atoms with E-state index in [1.54, 1.807) is 23.5 Å². The lowest BCUT2D eigenvalue weighted by Crippen LogP contribution is -2.29. The zero-order valence-electron chi connectivity index (χ0n) is 15.0. The fourth-order valence-corrected chi connectivity index (χ4v) is 3.53. The van der Waals surface area contributed by atoms with Crippen LogP contribution in [0.5, 0.6) is 0 Å². The summed E-state index contributed by atoms with van der Waals surface area (Å²) in [5, 5.41) is 14.7. The molecule has 1 amide bonds. The summed E-state index contributed by atoms with van der Waals surface area (Å²) in [6.07, 6.45) is 6.26. The van der Waals surface area contributed by atoms with Crippen LogP contribution in [0.4, 0.5) is 0 Å². The molecule has 134 valence electrons. The monoisotopic (exact) mass is 343 g/mol. The molecule has 0 radical (unpaired) electrons. The number of carbonyl (C=O) groups excluding carboxylic acids is 1. The molecular formula is C18H25N5O2. The van der Waals surface area contributed by atoms with Gasteiger partial charge in [-0.05, 0) is 32.3 Å². The highest BCUT2D eigenvalue weighted by Gasteiger charge is 2.34. The molecule has 1 aliphatic heterocycles. The number of rotatable bonds is 5. The van der Waals surface area contributed by atoms with Crippen molar-refractivity contribution in [1.29, 1.82) is 0 Å². The third-order valence-corrected chi connectivity index (χ3v) is 5.09. The Balaban J connectivity index is 1.56.